The van der Waals surface area contributed by atoms with Gasteiger partial charge in [0.05, 0.1) is 0 Å². The van der Waals surface area contributed by atoms with Crippen molar-refractivity contribution < 1.29 is 0 Å². The highest BCUT2D eigenvalue weighted by atomic mass is 14.9. The Morgan fingerprint density at radius 2 is 1.35 bits per heavy atom. The Morgan fingerprint density at radius 1 is 0.622 bits per heavy atom. The van der Waals surface area contributed by atoms with Crippen LogP contribution in [0.5, 0.6) is 0 Å². The molecule has 0 aliphatic heterocycles. The molecule has 0 atom stereocenters. The van der Waals surface area contributed by atoms with Crippen LogP contribution >= 0.6 is 0 Å². The number of nitrogens with zero attached hydrogens (tertiary/aromatic N) is 3. The van der Waals surface area contributed by atoms with E-state index in [0.717, 1.165) is 11.4 Å². The molecule has 0 spiro atoms. The van der Waals surface area contributed by atoms with Gasteiger partial charge in [0.25, 0.3) is 0 Å². The van der Waals surface area contributed by atoms with Gasteiger partial charge in [-0.3, -0.25) is 4.98 Å². The van der Waals surface area contributed by atoms with Crippen LogP contribution in [-0.4, -0.2) is 15.0 Å². The molecule has 180 valence electrons. The zero-order chi connectivity index (χ0) is 24.6. The predicted molar refractivity (Wildman–Crippen MR) is 153 cm³/mol. The highest BCUT2D eigenvalue weighted by molar-refractivity contribution is 6.14. The summed E-state index contributed by atoms with van der Waals surface area (Å²) < 4.78 is 0. The third-order valence-electron chi connectivity index (χ3n) is 7.85. The summed E-state index contributed by atoms with van der Waals surface area (Å²) in [5, 5.41) is 7.88. The number of pyridine rings is 1. The standard InChI is InChI=1S/C25H22N2.C9H7N/c1-2-6-19-16(5-1)11-12-22-20-7-3-4-8-21(20)23(13-24(19)22)18-14-26-25(27-15-18)17-9-10-17;1-2-4-9-7-10-6-5-8(9)3-1/h3-4,7-8,11-15,17H,1-2,5-6,9-10H2;1-7H. The largest absolute Gasteiger partial charge is 0.264 e. The van der Waals surface area contributed by atoms with Gasteiger partial charge in [-0.15, -0.1) is 0 Å². The molecule has 4 aromatic carbocycles. The first-order chi connectivity index (χ1) is 18.3. The fourth-order valence-corrected chi connectivity index (χ4v) is 5.73. The SMILES string of the molecule is c1ccc2c(c1)c(-c1cnc(C3CC3)nc1)cc1c3c(ccc12)CCCC3.c1ccc2cnccc2c1. The Kier molecular flexibility index (Phi) is 5.62. The summed E-state index contributed by atoms with van der Waals surface area (Å²) in [5.41, 5.74) is 5.49. The lowest BCUT2D eigenvalue weighted by atomic mass is 9.85. The lowest BCUT2D eigenvalue weighted by Crippen LogP contribution is -2.03. The summed E-state index contributed by atoms with van der Waals surface area (Å²) in [6.45, 7) is 0. The van der Waals surface area contributed by atoms with Gasteiger partial charge in [0.15, 0.2) is 0 Å². The van der Waals surface area contributed by atoms with Gasteiger partial charge in [0.2, 0.25) is 0 Å². The molecule has 0 N–H and O–H groups in total. The lowest BCUT2D eigenvalue weighted by Gasteiger charge is -2.20. The first-order valence-electron chi connectivity index (χ1n) is 13.4. The van der Waals surface area contributed by atoms with Crippen LogP contribution < -0.4 is 0 Å². The zero-order valence-electron chi connectivity index (χ0n) is 20.9. The number of aromatic nitrogens is 3. The van der Waals surface area contributed by atoms with Crippen LogP contribution in [0.15, 0.2) is 97.6 Å². The third-order valence-corrected chi connectivity index (χ3v) is 7.85. The van der Waals surface area contributed by atoms with Crippen molar-refractivity contribution in [3.05, 3.63) is 115 Å². The summed E-state index contributed by atoms with van der Waals surface area (Å²) >= 11 is 0. The molecule has 0 radical (unpaired) electrons. The number of hydrogen-bond donors (Lipinski definition) is 0. The van der Waals surface area contributed by atoms with Crippen LogP contribution in [0, 0.1) is 0 Å². The highest BCUT2D eigenvalue weighted by Gasteiger charge is 2.26. The summed E-state index contributed by atoms with van der Waals surface area (Å²) in [4.78, 5) is 13.4. The van der Waals surface area contributed by atoms with E-state index in [9.17, 15) is 0 Å². The maximum atomic E-state index is 4.68. The fraction of sp³-hybridized carbons (Fsp3) is 0.206. The molecule has 2 aromatic heterocycles. The third kappa shape index (κ3) is 4.25. The van der Waals surface area contributed by atoms with Gasteiger partial charge in [0.1, 0.15) is 5.82 Å². The number of fused-ring (bicyclic) bond motifs is 6. The molecular weight excluding hydrogens is 450 g/mol. The molecule has 2 aliphatic rings. The Labute approximate surface area is 217 Å². The molecule has 6 aromatic rings. The Hall–Kier alpha value is -4.11. The van der Waals surface area contributed by atoms with E-state index in [1.807, 2.05) is 43.0 Å². The summed E-state index contributed by atoms with van der Waals surface area (Å²) in [6, 6.07) is 26.1. The number of hydrogen-bond acceptors (Lipinski definition) is 3. The van der Waals surface area contributed by atoms with E-state index in [-0.39, 0.29) is 0 Å². The number of aryl methyl sites for hydroxylation is 2. The second kappa shape index (κ2) is 9.40. The molecule has 1 fully saturated rings. The van der Waals surface area contributed by atoms with E-state index >= 15 is 0 Å². The van der Waals surface area contributed by atoms with Crippen molar-refractivity contribution in [1.29, 1.82) is 0 Å². The van der Waals surface area contributed by atoms with Crippen LogP contribution in [-0.2, 0) is 12.8 Å². The van der Waals surface area contributed by atoms with E-state index in [2.05, 4.69) is 69.5 Å². The molecule has 37 heavy (non-hydrogen) atoms. The van der Waals surface area contributed by atoms with Crippen molar-refractivity contribution in [1.82, 2.24) is 15.0 Å². The van der Waals surface area contributed by atoms with E-state index in [4.69, 9.17) is 0 Å². The van der Waals surface area contributed by atoms with Crippen molar-refractivity contribution in [3.8, 4) is 11.1 Å². The van der Waals surface area contributed by atoms with E-state index in [1.54, 1.807) is 5.56 Å². The number of rotatable bonds is 2. The van der Waals surface area contributed by atoms with Gasteiger partial charge in [-0.1, -0.05) is 60.7 Å². The Bertz CT molecular complexity index is 1670. The fourth-order valence-electron chi connectivity index (χ4n) is 5.73. The van der Waals surface area contributed by atoms with Gasteiger partial charge < -0.3 is 0 Å². The molecule has 8 rings (SSSR count). The van der Waals surface area contributed by atoms with Crippen LogP contribution in [0.4, 0.5) is 0 Å². The Balaban J connectivity index is 0.000000194. The molecule has 0 amide bonds. The molecule has 0 saturated heterocycles. The minimum absolute atomic E-state index is 0.597. The van der Waals surface area contributed by atoms with Crippen LogP contribution in [0.3, 0.4) is 0 Å². The average Bonchev–Trinajstić information content (AvgIpc) is 3.83. The van der Waals surface area contributed by atoms with Gasteiger partial charge >= 0.3 is 0 Å². The monoisotopic (exact) mass is 479 g/mol. The van der Waals surface area contributed by atoms with Crippen LogP contribution in [0.25, 0.3) is 43.4 Å². The molecule has 1 saturated carbocycles. The Morgan fingerprint density at radius 3 is 2.16 bits per heavy atom. The van der Waals surface area contributed by atoms with E-state index < -0.39 is 0 Å². The van der Waals surface area contributed by atoms with Crippen molar-refractivity contribution in [2.75, 3.05) is 0 Å². The molecule has 0 unspecified atom stereocenters. The second-order valence-electron chi connectivity index (χ2n) is 10.3. The normalized spacial score (nSPS) is 14.8. The molecular formula is C34H29N3. The van der Waals surface area contributed by atoms with Crippen LogP contribution in [0.2, 0.25) is 0 Å². The minimum Gasteiger partial charge on any atom is -0.264 e. The molecule has 2 aliphatic carbocycles. The van der Waals surface area contributed by atoms with Crippen molar-refractivity contribution in [3.63, 3.8) is 0 Å². The predicted octanol–water partition coefficient (Wildman–Crippen LogP) is 8.44. The summed E-state index contributed by atoms with van der Waals surface area (Å²) in [6.07, 6.45) is 15.2. The zero-order valence-corrected chi connectivity index (χ0v) is 20.9. The van der Waals surface area contributed by atoms with Gasteiger partial charge in [-0.2, -0.15) is 0 Å². The molecule has 3 nitrogen and oxygen atoms in total. The highest BCUT2D eigenvalue weighted by Crippen LogP contribution is 2.40. The van der Waals surface area contributed by atoms with Crippen molar-refractivity contribution in [2.24, 2.45) is 0 Å². The molecule has 0 bridgehead atoms. The smallest absolute Gasteiger partial charge is 0.131 e. The quantitative estimate of drug-likeness (QED) is 0.234. The molecule has 2 heterocycles. The first-order valence-corrected chi connectivity index (χ1v) is 13.4. The molecule has 3 heteroatoms. The first kappa shape index (κ1) is 22.1. The van der Waals surface area contributed by atoms with E-state index in [0.29, 0.717) is 5.92 Å². The lowest BCUT2D eigenvalue weighted by molar-refractivity contribution is 0.690. The van der Waals surface area contributed by atoms with E-state index in [1.165, 1.54) is 82.0 Å². The topological polar surface area (TPSA) is 38.7 Å². The maximum absolute atomic E-state index is 4.68. The second-order valence-corrected chi connectivity index (χ2v) is 10.3. The minimum atomic E-state index is 0.597. The van der Waals surface area contributed by atoms with Gasteiger partial charge in [-0.05, 0) is 99.7 Å². The van der Waals surface area contributed by atoms with Gasteiger partial charge in [-0.25, -0.2) is 9.97 Å². The van der Waals surface area contributed by atoms with Gasteiger partial charge in [0, 0.05) is 36.3 Å². The maximum Gasteiger partial charge on any atom is 0.131 e. The van der Waals surface area contributed by atoms with Crippen molar-refractivity contribution in [2.45, 2.75) is 44.4 Å². The average molecular weight is 480 g/mol. The van der Waals surface area contributed by atoms with Crippen LogP contribution in [0.1, 0.15) is 48.6 Å². The number of benzene rings is 4. The summed E-state index contributed by atoms with van der Waals surface area (Å²) in [7, 11) is 0. The summed E-state index contributed by atoms with van der Waals surface area (Å²) in [5.74, 6) is 1.61. The van der Waals surface area contributed by atoms with Crippen molar-refractivity contribution >= 4 is 32.3 Å².